The fourth-order valence-electron chi connectivity index (χ4n) is 3.91. The Balaban J connectivity index is 1.83. The van der Waals surface area contributed by atoms with Gasteiger partial charge in [-0.2, -0.15) is 0 Å². The number of nitrogens with one attached hydrogen (secondary N) is 2. The monoisotopic (exact) mass is 440 g/mol. The molecule has 0 amide bonds. The van der Waals surface area contributed by atoms with Crippen LogP contribution in [0, 0.1) is 0 Å². The molecule has 3 heterocycles. The van der Waals surface area contributed by atoms with E-state index in [0.717, 1.165) is 33.3 Å². The van der Waals surface area contributed by atoms with E-state index < -0.39 is 0 Å². The lowest BCUT2D eigenvalue weighted by molar-refractivity contribution is 0.896. The fourth-order valence-corrected chi connectivity index (χ4v) is 4.18. The summed E-state index contributed by atoms with van der Waals surface area (Å²) in [5.41, 5.74) is 5.17. The van der Waals surface area contributed by atoms with Crippen LogP contribution in [0.4, 0.5) is 5.69 Å². The largest absolute Gasteiger partial charge is 0.379 e. The van der Waals surface area contributed by atoms with Crippen LogP contribution < -0.4 is 10.7 Å². The molecule has 32 heavy (non-hydrogen) atoms. The van der Waals surface area contributed by atoms with E-state index in [9.17, 15) is 4.79 Å². The zero-order valence-corrected chi connectivity index (χ0v) is 18.4. The van der Waals surface area contributed by atoms with Gasteiger partial charge in [0.2, 0.25) is 5.43 Å². The second-order valence-corrected chi connectivity index (χ2v) is 8.42. The van der Waals surface area contributed by atoms with Crippen molar-refractivity contribution in [2.75, 3.05) is 5.32 Å². The minimum atomic E-state index is -0.0886. The molecule has 0 fully saturated rings. The van der Waals surface area contributed by atoms with E-state index in [-0.39, 0.29) is 11.5 Å². The van der Waals surface area contributed by atoms with Gasteiger partial charge in [-0.15, -0.1) is 0 Å². The molecule has 158 valence electrons. The summed E-state index contributed by atoms with van der Waals surface area (Å²) in [6.07, 6.45) is 3.41. The van der Waals surface area contributed by atoms with Crippen LogP contribution in [0.3, 0.4) is 0 Å². The number of rotatable bonds is 4. The van der Waals surface area contributed by atoms with E-state index in [1.807, 2.05) is 74.5 Å². The van der Waals surface area contributed by atoms with Crippen LogP contribution in [-0.2, 0) is 0 Å². The Kier molecular flexibility index (Phi) is 5.11. The van der Waals surface area contributed by atoms with E-state index in [1.165, 1.54) is 0 Å². The number of aromatic amines is 1. The number of hydrogen-bond acceptors (Lipinski definition) is 4. The van der Waals surface area contributed by atoms with Crippen molar-refractivity contribution in [2.45, 2.75) is 19.9 Å². The molecular weight excluding hydrogens is 420 g/mol. The molecule has 0 aliphatic carbocycles. The van der Waals surface area contributed by atoms with Gasteiger partial charge < -0.3 is 10.3 Å². The number of H-pyrrole nitrogens is 1. The molecule has 6 heteroatoms. The van der Waals surface area contributed by atoms with E-state index in [1.54, 1.807) is 12.4 Å². The number of nitrogens with zero attached hydrogens (tertiary/aromatic N) is 2. The van der Waals surface area contributed by atoms with Gasteiger partial charge in [0.05, 0.1) is 27.3 Å². The van der Waals surface area contributed by atoms with Crippen molar-refractivity contribution in [2.24, 2.45) is 0 Å². The Morgan fingerprint density at radius 1 is 1.00 bits per heavy atom. The normalized spacial score (nSPS) is 11.4. The summed E-state index contributed by atoms with van der Waals surface area (Å²) in [4.78, 5) is 25.7. The van der Waals surface area contributed by atoms with Gasteiger partial charge in [-0.25, -0.2) is 4.98 Å². The summed E-state index contributed by atoms with van der Waals surface area (Å²) < 4.78 is 0. The average Bonchev–Trinajstić information content (AvgIpc) is 2.80. The molecule has 5 rings (SSSR count). The molecule has 0 atom stereocenters. The van der Waals surface area contributed by atoms with Crippen molar-refractivity contribution in [3.8, 4) is 22.4 Å². The summed E-state index contributed by atoms with van der Waals surface area (Å²) in [5, 5.41) is 5.21. The van der Waals surface area contributed by atoms with E-state index in [4.69, 9.17) is 16.6 Å². The molecule has 2 N–H and O–H groups in total. The molecule has 3 aromatic heterocycles. The van der Waals surface area contributed by atoms with Crippen molar-refractivity contribution in [3.63, 3.8) is 0 Å². The number of hydrogen-bond donors (Lipinski definition) is 2. The van der Waals surface area contributed by atoms with Gasteiger partial charge in [0.25, 0.3) is 0 Å². The lowest BCUT2D eigenvalue weighted by Gasteiger charge is -2.14. The molecular formula is C26H21ClN4O. The highest BCUT2D eigenvalue weighted by molar-refractivity contribution is 6.35. The third-order valence-corrected chi connectivity index (χ3v) is 5.61. The lowest BCUT2D eigenvalue weighted by Crippen LogP contribution is -2.18. The maximum Gasteiger partial charge on any atom is 0.214 e. The van der Waals surface area contributed by atoms with Gasteiger partial charge in [-0.3, -0.25) is 9.78 Å². The number of pyridine rings is 3. The third-order valence-electron chi connectivity index (χ3n) is 5.33. The maximum absolute atomic E-state index is 13.2. The maximum atomic E-state index is 13.2. The summed E-state index contributed by atoms with van der Waals surface area (Å²) in [7, 11) is 0. The summed E-state index contributed by atoms with van der Waals surface area (Å²) in [6, 6.07) is 19.8. The molecule has 5 nitrogen and oxygen atoms in total. The average molecular weight is 441 g/mol. The van der Waals surface area contributed by atoms with Gasteiger partial charge in [-0.1, -0.05) is 48.0 Å². The molecule has 0 saturated heterocycles. The van der Waals surface area contributed by atoms with Crippen LogP contribution in [0.25, 0.3) is 44.3 Å². The van der Waals surface area contributed by atoms with Gasteiger partial charge in [-0.05, 0) is 43.7 Å². The molecule has 0 radical (unpaired) electrons. The molecule has 0 bridgehead atoms. The fraction of sp³-hybridized carbons (Fsp3) is 0.115. The first kappa shape index (κ1) is 20.2. The Hall–Kier alpha value is -3.70. The molecule has 5 aromatic rings. The highest BCUT2D eigenvalue weighted by atomic mass is 35.5. The Bertz CT molecular complexity index is 1510. The Morgan fingerprint density at radius 3 is 2.59 bits per heavy atom. The quantitative estimate of drug-likeness (QED) is 0.345. The first-order valence-corrected chi connectivity index (χ1v) is 10.8. The van der Waals surface area contributed by atoms with Crippen molar-refractivity contribution >= 4 is 39.2 Å². The van der Waals surface area contributed by atoms with Crippen molar-refractivity contribution in [1.82, 2.24) is 15.0 Å². The second-order valence-electron chi connectivity index (χ2n) is 8.01. The number of anilines is 1. The van der Waals surface area contributed by atoms with Crippen LogP contribution in [0.5, 0.6) is 0 Å². The van der Waals surface area contributed by atoms with Gasteiger partial charge >= 0.3 is 0 Å². The van der Waals surface area contributed by atoms with Crippen LogP contribution in [0.15, 0.2) is 77.9 Å². The number of halogens is 1. The smallest absolute Gasteiger partial charge is 0.214 e. The van der Waals surface area contributed by atoms with Crippen molar-refractivity contribution in [3.05, 3.63) is 88.3 Å². The topological polar surface area (TPSA) is 70.7 Å². The van der Waals surface area contributed by atoms with Gasteiger partial charge in [0, 0.05) is 34.9 Å². The number of aromatic nitrogens is 3. The number of fused-ring (bicyclic) bond motifs is 2. The predicted octanol–water partition coefficient (Wildman–Crippen LogP) is 6.28. The number of benzene rings is 2. The SMILES string of the molecule is CC(C)Nc1c[nH]c2nc(-c3ccccc3)c(-c3cc(Cl)c4ncccc4c3)cc2c1=O. The minimum absolute atomic E-state index is 0.0886. The molecule has 0 unspecified atom stereocenters. The zero-order chi connectivity index (χ0) is 22.2. The molecule has 0 aliphatic rings. The first-order chi connectivity index (χ1) is 15.5. The van der Waals surface area contributed by atoms with Gasteiger partial charge in [0.15, 0.2) is 0 Å². The zero-order valence-electron chi connectivity index (χ0n) is 17.7. The summed E-state index contributed by atoms with van der Waals surface area (Å²) >= 11 is 6.58. The summed E-state index contributed by atoms with van der Waals surface area (Å²) in [5.74, 6) is 0. The van der Waals surface area contributed by atoms with Crippen LogP contribution in [0.1, 0.15) is 13.8 Å². The van der Waals surface area contributed by atoms with Crippen molar-refractivity contribution in [1.29, 1.82) is 0 Å². The van der Waals surface area contributed by atoms with Crippen LogP contribution >= 0.6 is 11.6 Å². The standard InChI is InChI=1S/C26H21ClN4O/c1-15(2)30-22-14-29-26-20(25(22)32)13-19(23(31-26)16-7-4-3-5-8-16)18-11-17-9-6-10-28-24(17)21(27)12-18/h3-15,30H,1-2H3,(H,29,31,32). The predicted molar refractivity (Wildman–Crippen MR) is 132 cm³/mol. The third kappa shape index (κ3) is 3.61. The Labute approximate surface area is 190 Å². The molecule has 0 spiro atoms. The molecule has 0 aliphatic heterocycles. The first-order valence-electron chi connectivity index (χ1n) is 10.4. The lowest BCUT2D eigenvalue weighted by atomic mass is 9.96. The van der Waals surface area contributed by atoms with Crippen LogP contribution in [-0.4, -0.2) is 21.0 Å². The molecule has 2 aromatic carbocycles. The highest BCUT2D eigenvalue weighted by Gasteiger charge is 2.16. The minimum Gasteiger partial charge on any atom is -0.379 e. The van der Waals surface area contributed by atoms with E-state index in [2.05, 4.69) is 15.3 Å². The van der Waals surface area contributed by atoms with Crippen LogP contribution in [0.2, 0.25) is 5.02 Å². The Morgan fingerprint density at radius 2 is 1.81 bits per heavy atom. The van der Waals surface area contributed by atoms with Crippen molar-refractivity contribution < 1.29 is 0 Å². The molecule has 0 saturated carbocycles. The highest BCUT2D eigenvalue weighted by Crippen LogP contribution is 2.36. The summed E-state index contributed by atoms with van der Waals surface area (Å²) in [6.45, 7) is 3.99. The van der Waals surface area contributed by atoms with Gasteiger partial charge in [0.1, 0.15) is 5.65 Å². The second kappa shape index (κ2) is 8.09. The van der Waals surface area contributed by atoms with E-state index in [0.29, 0.717) is 21.7 Å². The van der Waals surface area contributed by atoms with E-state index >= 15 is 0 Å².